The monoisotopic (exact) mass is 310 g/mol. The van der Waals surface area contributed by atoms with Gasteiger partial charge in [-0.2, -0.15) is 5.10 Å². The lowest BCUT2D eigenvalue weighted by atomic mass is 10.1. The molecule has 0 spiro atoms. The fourth-order valence-corrected chi connectivity index (χ4v) is 3.29. The molecule has 1 fully saturated rings. The highest BCUT2D eigenvalue weighted by atomic mass is 16.5. The summed E-state index contributed by atoms with van der Waals surface area (Å²) in [5.74, 6) is 0.110. The third-order valence-electron chi connectivity index (χ3n) is 4.43. The molecule has 0 saturated carbocycles. The van der Waals surface area contributed by atoms with E-state index in [4.69, 9.17) is 4.52 Å². The SMILES string of the molecule is O=C(Cc1noc2ccccc12)N1CCCC1Cn1cccn1. The predicted octanol–water partition coefficient (Wildman–Crippen LogP) is 2.26. The van der Waals surface area contributed by atoms with Gasteiger partial charge in [-0.3, -0.25) is 9.48 Å². The fourth-order valence-electron chi connectivity index (χ4n) is 3.29. The Kier molecular flexibility index (Phi) is 3.57. The molecule has 1 aliphatic heterocycles. The van der Waals surface area contributed by atoms with E-state index in [9.17, 15) is 4.79 Å². The summed E-state index contributed by atoms with van der Waals surface area (Å²) in [6, 6.07) is 9.76. The lowest BCUT2D eigenvalue weighted by Crippen LogP contribution is -2.39. The Bertz CT molecular complexity index is 809. The van der Waals surface area contributed by atoms with Gasteiger partial charge in [0.25, 0.3) is 0 Å². The first kappa shape index (κ1) is 14.0. The smallest absolute Gasteiger partial charge is 0.229 e. The van der Waals surface area contributed by atoms with E-state index in [0.29, 0.717) is 0 Å². The van der Waals surface area contributed by atoms with Crippen LogP contribution in [-0.4, -0.2) is 38.3 Å². The third-order valence-corrected chi connectivity index (χ3v) is 4.43. The van der Waals surface area contributed by atoms with Gasteiger partial charge in [-0.15, -0.1) is 0 Å². The van der Waals surface area contributed by atoms with Crippen molar-refractivity contribution in [3.63, 3.8) is 0 Å². The number of likely N-dealkylation sites (tertiary alicyclic amines) is 1. The van der Waals surface area contributed by atoms with E-state index in [1.54, 1.807) is 6.20 Å². The van der Waals surface area contributed by atoms with E-state index in [-0.39, 0.29) is 18.4 Å². The first-order valence-electron chi connectivity index (χ1n) is 7.91. The Morgan fingerprint density at radius 1 is 1.30 bits per heavy atom. The fraction of sp³-hybridized carbons (Fsp3) is 0.353. The van der Waals surface area contributed by atoms with E-state index >= 15 is 0 Å². The number of amides is 1. The average Bonchev–Trinajstić information content (AvgIpc) is 3.29. The van der Waals surface area contributed by atoms with Crippen molar-refractivity contribution in [1.29, 1.82) is 0 Å². The second-order valence-electron chi connectivity index (χ2n) is 5.91. The molecule has 6 nitrogen and oxygen atoms in total. The second kappa shape index (κ2) is 5.87. The zero-order valence-corrected chi connectivity index (χ0v) is 12.8. The topological polar surface area (TPSA) is 64.2 Å². The summed E-state index contributed by atoms with van der Waals surface area (Å²) in [5.41, 5.74) is 1.44. The maximum Gasteiger partial charge on any atom is 0.229 e. The van der Waals surface area contributed by atoms with Crippen molar-refractivity contribution in [2.45, 2.75) is 31.8 Å². The zero-order chi connectivity index (χ0) is 15.6. The van der Waals surface area contributed by atoms with Crippen LogP contribution in [0.2, 0.25) is 0 Å². The molecule has 3 aromatic rings. The molecule has 0 aliphatic carbocycles. The molecule has 0 bridgehead atoms. The molecular weight excluding hydrogens is 292 g/mol. The lowest BCUT2D eigenvalue weighted by molar-refractivity contribution is -0.131. The molecule has 6 heteroatoms. The number of carbonyl (C=O) groups excluding carboxylic acids is 1. The Labute approximate surface area is 133 Å². The minimum absolute atomic E-state index is 0.110. The van der Waals surface area contributed by atoms with Gasteiger partial charge in [-0.25, -0.2) is 0 Å². The van der Waals surface area contributed by atoms with Crippen molar-refractivity contribution < 1.29 is 9.32 Å². The summed E-state index contributed by atoms with van der Waals surface area (Å²) >= 11 is 0. The Hall–Kier alpha value is -2.63. The highest BCUT2D eigenvalue weighted by Crippen LogP contribution is 2.22. The Balaban J connectivity index is 1.49. The van der Waals surface area contributed by atoms with Crippen LogP contribution in [0, 0.1) is 0 Å². The van der Waals surface area contributed by atoms with Crippen molar-refractivity contribution in [3.8, 4) is 0 Å². The zero-order valence-electron chi connectivity index (χ0n) is 12.8. The summed E-state index contributed by atoms with van der Waals surface area (Å²) < 4.78 is 7.18. The predicted molar refractivity (Wildman–Crippen MR) is 84.7 cm³/mol. The number of hydrogen-bond donors (Lipinski definition) is 0. The Morgan fingerprint density at radius 3 is 3.09 bits per heavy atom. The highest BCUT2D eigenvalue weighted by molar-refractivity contribution is 5.86. The van der Waals surface area contributed by atoms with Crippen molar-refractivity contribution >= 4 is 16.9 Å². The number of rotatable bonds is 4. The molecule has 23 heavy (non-hydrogen) atoms. The second-order valence-corrected chi connectivity index (χ2v) is 5.91. The van der Waals surface area contributed by atoms with E-state index < -0.39 is 0 Å². The number of aromatic nitrogens is 3. The average molecular weight is 310 g/mol. The van der Waals surface area contributed by atoms with Crippen LogP contribution in [0.3, 0.4) is 0 Å². The summed E-state index contributed by atoms with van der Waals surface area (Å²) in [5, 5.41) is 9.23. The maximum atomic E-state index is 12.7. The van der Waals surface area contributed by atoms with Crippen LogP contribution in [-0.2, 0) is 17.8 Å². The first-order chi connectivity index (χ1) is 11.3. The van der Waals surface area contributed by atoms with Crippen LogP contribution in [0.1, 0.15) is 18.5 Å². The van der Waals surface area contributed by atoms with Gasteiger partial charge in [0.05, 0.1) is 19.0 Å². The number of para-hydroxylation sites is 1. The van der Waals surface area contributed by atoms with Gasteiger partial charge in [0, 0.05) is 24.3 Å². The number of carbonyl (C=O) groups is 1. The quantitative estimate of drug-likeness (QED) is 0.741. The van der Waals surface area contributed by atoms with Gasteiger partial charge < -0.3 is 9.42 Å². The van der Waals surface area contributed by atoms with Crippen LogP contribution >= 0.6 is 0 Å². The molecule has 118 valence electrons. The van der Waals surface area contributed by atoms with Crippen LogP contribution < -0.4 is 0 Å². The number of benzene rings is 1. The van der Waals surface area contributed by atoms with E-state index in [2.05, 4.69) is 10.3 Å². The number of nitrogens with zero attached hydrogens (tertiary/aromatic N) is 4. The third kappa shape index (κ3) is 2.72. The molecule has 2 aromatic heterocycles. The normalized spacial score (nSPS) is 17.9. The molecular formula is C17H18N4O2. The van der Waals surface area contributed by atoms with Crippen LogP contribution in [0.4, 0.5) is 0 Å². The van der Waals surface area contributed by atoms with Crippen LogP contribution in [0.25, 0.3) is 11.0 Å². The van der Waals surface area contributed by atoms with Crippen molar-refractivity contribution in [3.05, 3.63) is 48.4 Å². The minimum Gasteiger partial charge on any atom is -0.356 e. The summed E-state index contributed by atoms with van der Waals surface area (Å²) in [7, 11) is 0. The van der Waals surface area contributed by atoms with Crippen molar-refractivity contribution in [1.82, 2.24) is 19.8 Å². The van der Waals surface area contributed by atoms with E-state index in [1.165, 1.54) is 0 Å². The number of hydrogen-bond acceptors (Lipinski definition) is 4. The number of fused-ring (bicyclic) bond motifs is 1. The van der Waals surface area contributed by atoms with Crippen molar-refractivity contribution in [2.24, 2.45) is 0 Å². The standard InChI is InChI=1S/C17H18N4O2/c22-17(11-15-14-6-1-2-7-16(14)23-19-15)21-10-3-5-13(21)12-20-9-4-8-18-20/h1-2,4,6-9,13H,3,5,10-12H2. The highest BCUT2D eigenvalue weighted by Gasteiger charge is 2.29. The lowest BCUT2D eigenvalue weighted by Gasteiger charge is -2.24. The molecule has 1 atom stereocenters. The van der Waals surface area contributed by atoms with Crippen LogP contribution in [0.15, 0.2) is 47.2 Å². The molecule has 0 N–H and O–H groups in total. The molecule has 4 rings (SSSR count). The molecule has 1 saturated heterocycles. The van der Waals surface area contributed by atoms with Gasteiger partial charge in [0.15, 0.2) is 5.58 Å². The molecule has 0 radical (unpaired) electrons. The van der Waals surface area contributed by atoms with Crippen LogP contribution in [0.5, 0.6) is 0 Å². The summed E-state index contributed by atoms with van der Waals surface area (Å²) in [6.45, 7) is 1.55. The Morgan fingerprint density at radius 2 is 2.22 bits per heavy atom. The van der Waals surface area contributed by atoms with Crippen molar-refractivity contribution in [2.75, 3.05) is 6.54 Å². The molecule has 1 amide bonds. The van der Waals surface area contributed by atoms with Gasteiger partial charge >= 0.3 is 0 Å². The van der Waals surface area contributed by atoms with Gasteiger partial charge in [0.1, 0.15) is 5.69 Å². The largest absolute Gasteiger partial charge is 0.356 e. The first-order valence-corrected chi connectivity index (χ1v) is 7.91. The minimum atomic E-state index is 0.110. The van der Waals surface area contributed by atoms with Gasteiger partial charge in [-0.1, -0.05) is 17.3 Å². The molecule has 1 aliphatic rings. The van der Waals surface area contributed by atoms with Gasteiger partial charge in [0.2, 0.25) is 5.91 Å². The molecule has 1 unspecified atom stereocenters. The van der Waals surface area contributed by atoms with Gasteiger partial charge in [-0.05, 0) is 31.0 Å². The van der Waals surface area contributed by atoms with E-state index in [0.717, 1.165) is 42.6 Å². The maximum absolute atomic E-state index is 12.7. The van der Waals surface area contributed by atoms with E-state index in [1.807, 2.05) is 46.1 Å². The molecule has 1 aromatic carbocycles. The molecule has 3 heterocycles. The summed E-state index contributed by atoms with van der Waals surface area (Å²) in [4.78, 5) is 14.7. The summed E-state index contributed by atoms with van der Waals surface area (Å²) in [6.07, 6.45) is 6.05.